The maximum atomic E-state index is 11.4. The molecule has 1 N–H and O–H groups in total. The number of carbonyl (C=O) groups is 2. The van der Waals surface area contributed by atoms with Gasteiger partial charge in [0.15, 0.2) is 0 Å². The molecule has 0 aliphatic rings. The number of carbonyl (C=O) groups excluding carboxylic acids is 2. The number of esters is 1. The van der Waals surface area contributed by atoms with Crippen LogP contribution in [-0.2, 0) is 9.53 Å². The summed E-state index contributed by atoms with van der Waals surface area (Å²) < 4.78 is 4.71. The van der Waals surface area contributed by atoms with Gasteiger partial charge in [-0.15, -0.1) is 0 Å². The maximum absolute atomic E-state index is 11.4. The molecule has 0 aliphatic heterocycles. The Balaban J connectivity index is 2.29. The number of hydrogen-bond acceptors (Lipinski definition) is 5. The predicted octanol–water partition coefficient (Wildman–Crippen LogP) is 0.160. The van der Waals surface area contributed by atoms with Crippen molar-refractivity contribution in [3.8, 4) is 0 Å². The standard InChI is InChI=1S/C10H13N3O3/c1-2-16-9(14)3-4-13-10(15)8-7-11-5-6-12-8/h5-7H,2-4H2,1H3,(H,13,15). The Morgan fingerprint density at radius 2 is 2.25 bits per heavy atom. The zero-order chi connectivity index (χ0) is 11.8. The van der Waals surface area contributed by atoms with Crippen LogP contribution in [0.4, 0.5) is 0 Å². The Labute approximate surface area is 93.0 Å². The van der Waals surface area contributed by atoms with Crippen molar-refractivity contribution >= 4 is 11.9 Å². The number of amides is 1. The quantitative estimate of drug-likeness (QED) is 0.719. The highest BCUT2D eigenvalue weighted by atomic mass is 16.5. The first-order valence-corrected chi connectivity index (χ1v) is 4.94. The van der Waals surface area contributed by atoms with Gasteiger partial charge >= 0.3 is 5.97 Å². The van der Waals surface area contributed by atoms with Crippen molar-refractivity contribution in [2.24, 2.45) is 0 Å². The molecule has 0 saturated heterocycles. The van der Waals surface area contributed by atoms with Crippen LogP contribution in [0.1, 0.15) is 23.8 Å². The zero-order valence-electron chi connectivity index (χ0n) is 8.97. The molecule has 86 valence electrons. The second-order valence-electron chi connectivity index (χ2n) is 2.90. The highest BCUT2D eigenvalue weighted by Gasteiger charge is 2.07. The van der Waals surface area contributed by atoms with Crippen LogP contribution in [0.3, 0.4) is 0 Å². The molecule has 0 saturated carbocycles. The molecule has 1 heterocycles. The van der Waals surface area contributed by atoms with Gasteiger partial charge < -0.3 is 10.1 Å². The molecule has 6 nitrogen and oxygen atoms in total. The van der Waals surface area contributed by atoms with E-state index in [1.165, 1.54) is 18.6 Å². The lowest BCUT2D eigenvalue weighted by molar-refractivity contribution is -0.142. The molecule has 0 unspecified atom stereocenters. The molecule has 0 aliphatic carbocycles. The van der Waals surface area contributed by atoms with Gasteiger partial charge in [0.1, 0.15) is 5.69 Å². The third kappa shape index (κ3) is 4.04. The van der Waals surface area contributed by atoms with Crippen molar-refractivity contribution in [1.29, 1.82) is 0 Å². The Hall–Kier alpha value is -1.98. The van der Waals surface area contributed by atoms with Gasteiger partial charge in [0.05, 0.1) is 19.2 Å². The minimum absolute atomic E-state index is 0.153. The minimum atomic E-state index is -0.350. The summed E-state index contributed by atoms with van der Waals surface area (Å²) in [4.78, 5) is 30.0. The Morgan fingerprint density at radius 1 is 1.44 bits per heavy atom. The average Bonchev–Trinajstić information content (AvgIpc) is 2.30. The summed E-state index contributed by atoms with van der Waals surface area (Å²) in [6, 6.07) is 0. The van der Waals surface area contributed by atoms with E-state index in [4.69, 9.17) is 4.74 Å². The summed E-state index contributed by atoms with van der Waals surface area (Å²) in [5.74, 6) is -0.681. The van der Waals surface area contributed by atoms with E-state index in [2.05, 4.69) is 15.3 Å². The fraction of sp³-hybridized carbons (Fsp3) is 0.400. The molecule has 0 fully saturated rings. The van der Waals surface area contributed by atoms with Gasteiger partial charge in [-0.25, -0.2) is 4.98 Å². The number of nitrogens with one attached hydrogen (secondary N) is 1. The first kappa shape index (κ1) is 12.1. The van der Waals surface area contributed by atoms with Gasteiger partial charge in [-0.2, -0.15) is 0 Å². The van der Waals surface area contributed by atoms with Crippen LogP contribution in [0, 0.1) is 0 Å². The average molecular weight is 223 g/mol. The van der Waals surface area contributed by atoms with Crippen LogP contribution < -0.4 is 5.32 Å². The van der Waals surface area contributed by atoms with Crippen LogP contribution in [-0.4, -0.2) is 35.0 Å². The summed E-state index contributed by atoms with van der Waals surface area (Å²) in [5.41, 5.74) is 0.228. The van der Waals surface area contributed by atoms with E-state index in [9.17, 15) is 9.59 Å². The van der Waals surface area contributed by atoms with Crippen molar-refractivity contribution in [2.45, 2.75) is 13.3 Å². The summed E-state index contributed by atoms with van der Waals surface area (Å²) in [5, 5.41) is 2.55. The van der Waals surface area contributed by atoms with E-state index < -0.39 is 0 Å². The molecule has 0 spiro atoms. The molecular weight excluding hydrogens is 210 g/mol. The van der Waals surface area contributed by atoms with Crippen LogP contribution in [0.25, 0.3) is 0 Å². The molecular formula is C10H13N3O3. The summed E-state index contributed by atoms with van der Waals surface area (Å²) in [7, 11) is 0. The lowest BCUT2D eigenvalue weighted by Crippen LogP contribution is -2.27. The Kier molecular flexibility index (Phi) is 4.91. The molecule has 6 heteroatoms. The second kappa shape index (κ2) is 6.49. The smallest absolute Gasteiger partial charge is 0.307 e. The van der Waals surface area contributed by atoms with Crippen molar-refractivity contribution in [3.05, 3.63) is 24.3 Å². The van der Waals surface area contributed by atoms with Gasteiger partial charge in [0.2, 0.25) is 0 Å². The van der Waals surface area contributed by atoms with Gasteiger partial charge in [-0.1, -0.05) is 0 Å². The molecule has 1 amide bonds. The normalized spacial score (nSPS) is 9.56. The lowest BCUT2D eigenvalue weighted by Gasteiger charge is -2.03. The highest BCUT2D eigenvalue weighted by Crippen LogP contribution is 1.90. The number of nitrogens with zero attached hydrogens (tertiary/aromatic N) is 2. The molecule has 0 aromatic carbocycles. The predicted molar refractivity (Wildman–Crippen MR) is 55.6 cm³/mol. The lowest BCUT2D eigenvalue weighted by atomic mass is 10.4. The van der Waals surface area contributed by atoms with Crippen molar-refractivity contribution in [2.75, 3.05) is 13.2 Å². The topological polar surface area (TPSA) is 81.2 Å². The van der Waals surface area contributed by atoms with Crippen molar-refractivity contribution in [1.82, 2.24) is 15.3 Å². The molecule has 1 aromatic heterocycles. The summed E-state index contributed by atoms with van der Waals surface area (Å²) >= 11 is 0. The third-order valence-electron chi connectivity index (χ3n) is 1.72. The van der Waals surface area contributed by atoms with Gasteiger partial charge in [0, 0.05) is 18.9 Å². The number of rotatable bonds is 5. The minimum Gasteiger partial charge on any atom is -0.466 e. The van der Waals surface area contributed by atoms with E-state index in [-0.39, 0.29) is 30.5 Å². The van der Waals surface area contributed by atoms with Crippen LogP contribution in [0.2, 0.25) is 0 Å². The van der Waals surface area contributed by atoms with Gasteiger partial charge in [-0.05, 0) is 6.92 Å². The van der Waals surface area contributed by atoms with Gasteiger partial charge in [-0.3, -0.25) is 14.6 Å². The number of aromatic nitrogens is 2. The van der Waals surface area contributed by atoms with E-state index in [1.54, 1.807) is 6.92 Å². The second-order valence-corrected chi connectivity index (χ2v) is 2.90. The monoisotopic (exact) mass is 223 g/mol. The summed E-state index contributed by atoms with van der Waals surface area (Å²) in [6.07, 6.45) is 4.43. The maximum Gasteiger partial charge on any atom is 0.307 e. The van der Waals surface area contributed by atoms with Crippen LogP contribution in [0.15, 0.2) is 18.6 Å². The fourth-order valence-electron chi connectivity index (χ4n) is 1.02. The van der Waals surface area contributed by atoms with E-state index >= 15 is 0 Å². The largest absolute Gasteiger partial charge is 0.466 e. The zero-order valence-corrected chi connectivity index (χ0v) is 8.97. The first-order chi connectivity index (χ1) is 7.74. The first-order valence-electron chi connectivity index (χ1n) is 4.94. The molecule has 0 bridgehead atoms. The van der Waals surface area contributed by atoms with Crippen molar-refractivity contribution in [3.63, 3.8) is 0 Å². The Bertz CT molecular complexity index is 354. The fourth-order valence-corrected chi connectivity index (χ4v) is 1.02. The molecule has 0 atom stereocenters. The van der Waals surface area contributed by atoms with E-state index in [0.717, 1.165) is 0 Å². The molecule has 1 aromatic rings. The number of ether oxygens (including phenoxy) is 1. The highest BCUT2D eigenvalue weighted by molar-refractivity contribution is 5.92. The third-order valence-corrected chi connectivity index (χ3v) is 1.72. The molecule has 16 heavy (non-hydrogen) atoms. The molecule has 1 rings (SSSR count). The van der Waals surface area contributed by atoms with E-state index in [1.807, 2.05) is 0 Å². The Morgan fingerprint density at radius 3 is 2.88 bits per heavy atom. The van der Waals surface area contributed by atoms with Gasteiger partial charge in [0.25, 0.3) is 5.91 Å². The van der Waals surface area contributed by atoms with Crippen LogP contribution >= 0.6 is 0 Å². The van der Waals surface area contributed by atoms with E-state index in [0.29, 0.717) is 6.61 Å². The SMILES string of the molecule is CCOC(=O)CCNC(=O)c1cnccn1. The van der Waals surface area contributed by atoms with Crippen molar-refractivity contribution < 1.29 is 14.3 Å². The van der Waals surface area contributed by atoms with Crippen LogP contribution in [0.5, 0.6) is 0 Å². The molecule has 0 radical (unpaired) electrons. The number of hydrogen-bond donors (Lipinski definition) is 1. The summed E-state index contributed by atoms with van der Waals surface area (Å²) in [6.45, 7) is 2.31.